The molecule has 1 N–H and O–H groups in total. The monoisotopic (exact) mass is 383 g/mol. The first-order valence-corrected chi connectivity index (χ1v) is 9.42. The summed E-state index contributed by atoms with van der Waals surface area (Å²) in [4.78, 5) is 0.0588. The van der Waals surface area contributed by atoms with Gasteiger partial charge in [0.15, 0.2) is 0 Å². The van der Waals surface area contributed by atoms with Crippen molar-refractivity contribution < 1.29 is 23.0 Å². The van der Waals surface area contributed by atoms with Gasteiger partial charge < -0.3 is 14.6 Å². The quantitative estimate of drug-likeness (QED) is 0.878. The van der Waals surface area contributed by atoms with Crippen LogP contribution in [0.3, 0.4) is 0 Å². The van der Waals surface area contributed by atoms with Gasteiger partial charge in [-0.2, -0.15) is 0 Å². The summed E-state index contributed by atoms with van der Waals surface area (Å²) >= 11 is 6.08. The van der Waals surface area contributed by atoms with Crippen LogP contribution in [0.15, 0.2) is 41.3 Å². The van der Waals surface area contributed by atoms with Gasteiger partial charge in [0.2, 0.25) is 0 Å². The van der Waals surface area contributed by atoms with Crippen molar-refractivity contribution >= 4 is 27.3 Å². The highest BCUT2D eigenvalue weighted by Gasteiger charge is 2.33. The molecule has 134 valence electrons. The van der Waals surface area contributed by atoms with Gasteiger partial charge >= 0.3 is 0 Å². The fraction of sp³-hybridized carbons (Fsp3) is 0.294. The zero-order valence-electron chi connectivity index (χ0n) is 13.8. The van der Waals surface area contributed by atoms with E-state index in [0.29, 0.717) is 29.2 Å². The molecule has 0 bridgehead atoms. The van der Waals surface area contributed by atoms with Crippen LogP contribution in [-0.4, -0.2) is 34.3 Å². The third kappa shape index (κ3) is 3.15. The number of anilines is 1. The molecule has 0 aromatic heterocycles. The second-order valence-electron chi connectivity index (χ2n) is 5.60. The number of aliphatic hydroxyl groups is 1. The standard InChI is InChI=1S/C17H18ClNO5S/c1-23-11-3-5-13-15(9-11)19(8-7-16(13)20)25(21,22)12-4-6-17(24-2)14(18)10-12/h3-6,9-10,16,20H,7-8H2,1-2H3. The van der Waals surface area contributed by atoms with Gasteiger partial charge in [-0.15, -0.1) is 0 Å². The summed E-state index contributed by atoms with van der Waals surface area (Å²) in [5, 5.41) is 10.4. The lowest BCUT2D eigenvalue weighted by atomic mass is 10.0. The van der Waals surface area contributed by atoms with Gasteiger partial charge in [-0.3, -0.25) is 4.31 Å². The molecule has 1 heterocycles. The van der Waals surface area contributed by atoms with Crippen molar-refractivity contribution in [1.29, 1.82) is 0 Å². The Hall–Kier alpha value is -1.96. The normalized spacial score (nSPS) is 17.1. The zero-order valence-corrected chi connectivity index (χ0v) is 15.3. The molecule has 0 spiro atoms. The first-order valence-electron chi connectivity index (χ1n) is 7.60. The second-order valence-corrected chi connectivity index (χ2v) is 7.87. The number of benzene rings is 2. The second kappa shape index (κ2) is 6.74. The summed E-state index contributed by atoms with van der Waals surface area (Å²) in [7, 11) is -0.879. The Labute approximate surface area is 151 Å². The number of ether oxygens (including phenoxy) is 2. The Morgan fingerprint density at radius 2 is 1.92 bits per heavy atom. The molecule has 25 heavy (non-hydrogen) atoms. The Morgan fingerprint density at radius 3 is 2.56 bits per heavy atom. The van der Waals surface area contributed by atoms with Gasteiger partial charge in [0, 0.05) is 18.2 Å². The van der Waals surface area contributed by atoms with Gasteiger partial charge in [0.1, 0.15) is 11.5 Å². The maximum Gasteiger partial charge on any atom is 0.264 e. The topological polar surface area (TPSA) is 76.1 Å². The van der Waals surface area contributed by atoms with Crippen molar-refractivity contribution in [3.8, 4) is 11.5 Å². The molecular weight excluding hydrogens is 366 g/mol. The van der Waals surface area contributed by atoms with Crippen molar-refractivity contribution in [1.82, 2.24) is 0 Å². The van der Waals surface area contributed by atoms with E-state index in [1.807, 2.05) is 0 Å². The average molecular weight is 384 g/mol. The highest BCUT2D eigenvalue weighted by Crippen LogP contribution is 2.39. The van der Waals surface area contributed by atoms with E-state index in [2.05, 4.69) is 0 Å². The molecule has 1 unspecified atom stereocenters. The smallest absolute Gasteiger partial charge is 0.264 e. The molecule has 0 radical (unpaired) electrons. The van der Waals surface area contributed by atoms with E-state index in [4.69, 9.17) is 21.1 Å². The van der Waals surface area contributed by atoms with Crippen molar-refractivity contribution in [2.75, 3.05) is 25.1 Å². The number of halogens is 1. The molecule has 0 aliphatic carbocycles. The Bertz CT molecular complexity index is 900. The minimum Gasteiger partial charge on any atom is -0.497 e. The predicted molar refractivity (Wildman–Crippen MR) is 95.1 cm³/mol. The van der Waals surface area contributed by atoms with E-state index in [-0.39, 0.29) is 16.5 Å². The van der Waals surface area contributed by atoms with E-state index in [0.717, 1.165) is 0 Å². The van der Waals surface area contributed by atoms with Crippen LogP contribution in [0, 0.1) is 0 Å². The first-order chi connectivity index (χ1) is 11.9. The van der Waals surface area contributed by atoms with Crippen molar-refractivity contribution in [2.45, 2.75) is 17.4 Å². The number of aliphatic hydroxyl groups excluding tert-OH is 1. The number of fused-ring (bicyclic) bond motifs is 1. The number of hydrogen-bond acceptors (Lipinski definition) is 5. The van der Waals surface area contributed by atoms with E-state index in [9.17, 15) is 13.5 Å². The molecule has 6 nitrogen and oxygen atoms in total. The zero-order chi connectivity index (χ0) is 18.2. The molecule has 0 saturated carbocycles. The molecule has 1 aliphatic rings. The lowest BCUT2D eigenvalue weighted by Gasteiger charge is -2.33. The summed E-state index contributed by atoms with van der Waals surface area (Å²) in [6.07, 6.45) is -0.408. The largest absolute Gasteiger partial charge is 0.497 e. The predicted octanol–water partition coefficient (Wildman–Crippen LogP) is 2.99. The van der Waals surface area contributed by atoms with E-state index < -0.39 is 16.1 Å². The number of methoxy groups -OCH3 is 2. The lowest BCUT2D eigenvalue weighted by Crippen LogP contribution is -2.36. The molecule has 0 amide bonds. The highest BCUT2D eigenvalue weighted by atomic mass is 35.5. The number of rotatable bonds is 4. The summed E-state index contributed by atoms with van der Waals surface area (Å²) in [5.74, 6) is 0.914. The van der Waals surface area contributed by atoms with E-state index in [1.165, 1.54) is 36.7 Å². The molecule has 2 aromatic carbocycles. The molecule has 0 saturated heterocycles. The number of nitrogens with zero attached hydrogens (tertiary/aromatic N) is 1. The third-order valence-corrected chi connectivity index (χ3v) is 6.29. The molecule has 0 fully saturated rings. The average Bonchev–Trinajstić information content (AvgIpc) is 2.61. The summed E-state index contributed by atoms with van der Waals surface area (Å²) in [6.45, 7) is 0.160. The van der Waals surface area contributed by atoms with Gasteiger partial charge in [-0.05, 0) is 30.7 Å². The molecule has 1 atom stereocenters. The third-order valence-electron chi connectivity index (χ3n) is 4.18. The molecule has 3 rings (SSSR count). The van der Waals surface area contributed by atoms with Gasteiger partial charge in [-0.1, -0.05) is 17.7 Å². The van der Waals surface area contributed by atoms with Crippen molar-refractivity contribution in [3.63, 3.8) is 0 Å². The van der Waals surface area contributed by atoms with Crippen LogP contribution in [0.2, 0.25) is 5.02 Å². The Balaban J connectivity index is 2.10. The Morgan fingerprint density at radius 1 is 1.16 bits per heavy atom. The molecule has 1 aliphatic heterocycles. The van der Waals surface area contributed by atoms with Crippen LogP contribution in [0.4, 0.5) is 5.69 Å². The highest BCUT2D eigenvalue weighted by molar-refractivity contribution is 7.92. The van der Waals surface area contributed by atoms with Crippen LogP contribution >= 0.6 is 11.6 Å². The molecule has 8 heteroatoms. The molecular formula is C17H18ClNO5S. The van der Waals surface area contributed by atoms with Crippen LogP contribution in [0.25, 0.3) is 0 Å². The minimum atomic E-state index is -3.84. The number of hydrogen-bond donors (Lipinski definition) is 1. The van der Waals surface area contributed by atoms with Gasteiger partial charge in [0.25, 0.3) is 10.0 Å². The van der Waals surface area contributed by atoms with Crippen LogP contribution < -0.4 is 13.8 Å². The summed E-state index contributed by atoms with van der Waals surface area (Å²) in [6, 6.07) is 9.32. The van der Waals surface area contributed by atoms with Crippen LogP contribution in [0.1, 0.15) is 18.1 Å². The maximum atomic E-state index is 13.1. The summed E-state index contributed by atoms with van der Waals surface area (Å²) < 4.78 is 37.8. The molecule has 2 aromatic rings. The fourth-order valence-electron chi connectivity index (χ4n) is 2.85. The summed E-state index contributed by atoms with van der Waals surface area (Å²) in [5.41, 5.74) is 0.959. The lowest BCUT2D eigenvalue weighted by molar-refractivity contribution is 0.166. The fourth-order valence-corrected chi connectivity index (χ4v) is 4.69. The van der Waals surface area contributed by atoms with Crippen LogP contribution in [0.5, 0.6) is 11.5 Å². The van der Waals surface area contributed by atoms with E-state index >= 15 is 0 Å². The minimum absolute atomic E-state index is 0.0588. The van der Waals surface area contributed by atoms with Crippen LogP contribution in [-0.2, 0) is 10.0 Å². The first kappa shape index (κ1) is 17.8. The van der Waals surface area contributed by atoms with Gasteiger partial charge in [-0.25, -0.2) is 8.42 Å². The Kier molecular flexibility index (Phi) is 4.81. The maximum absolute atomic E-state index is 13.1. The number of sulfonamides is 1. The van der Waals surface area contributed by atoms with Gasteiger partial charge in [0.05, 0.1) is 35.9 Å². The SMILES string of the molecule is COc1ccc2c(c1)N(S(=O)(=O)c1ccc(OC)c(Cl)c1)CCC2O. The van der Waals surface area contributed by atoms with E-state index in [1.54, 1.807) is 18.2 Å². The van der Waals surface area contributed by atoms with Crippen molar-refractivity contribution in [3.05, 3.63) is 47.0 Å². The van der Waals surface area contributed by atoms with Crippen molar-refractivity contribution in [2.24, 2.45) is 0 Å².